The van der Waals surface area contributed by atoms with E-state index in [1.165, 1.54) is 38.9 Å². The minimum Gasteiger partial charge on any atom is -0.485 e. The number of ether oxygens (including phenoxy) is 1. The Balaban J connectivity index is 1.05. The summed E-state index contributed by atoms with van der Waals surface area (Å²) >= 11 is 0. The lowest BCUT2D eigenvalue weighted by Gasteiger charge is -2.47. The van der Waals surface area contributed by atoms with Crippen molar-refractivity contribution in [1.29, 1.82) is 0 Å². The van der Waals surface area contributed by atoms with Gasteiger partial charge < -0.3 is 10.1 Å². The van der Waals surface area contributed by atoms with Crippen molar-refractivity contribution in [3.05, 3.63) is 246 Å². The minimum absolute atomic E-state index is 0.0131. The van der Waals surface area contributed by atoms with Crippen LogP contribution in [0.3, 0.4) is 0 Å². The number of nitrogens with one attached hydrogen (secondary N) is 1. The molecule has 12 rings (SSSR count). The van der Waals surface area contributed by atoms with E-state index >= 15 is 0 Å². The average Bonchev–Trinajstić information content (AvgIpc) is 3.61. The summed E-state index contributed by atoms with van der Waals surface area (Å²) in [6, 6.07) is 63.3. The smallest absolute Gasteiger partial charge is 0.145 e. The van der Waals surface area contributed by atoms with E-state index in [1.807, 2.05) is 12.3 Å². The van der Waals surface area contributed by atoms with Gasteiger partial charge in [-0.05, 0) is 92.1 Å². The highest BCUT2D eigenvalue weighted by molar-refractivity contribution is 6.13. The van der Waals surface area contributed by atoms with Crippen LogP contribution in [-0.4, -0.2) is 16.8 Å². The molecule has 4 aliphatic rings. The molecule has 0 fully saturated rings. The van der Waals surface area contributed by atoms with Gasteiger partial charge in [0.2, 0.25) is 0 Å². The van der Waals surface area contributed by atoms with Crippen molar-refractivity contribution in [2.45, 2.75) is 17.7 Å². The molecule has 1 aromatic heterocycles. The number of hydrogen-bond acceptors (Lipinski definition) is 4. The molecule has 0 amide bonds. The molecule has 4 nitrogen and oxygen atoms in total. The Labute approximate surface area is 349 Å². The number of allylic oxidation sites excluding steroid dienone is 3. The van der Waals surface area contributed by atoms with E-state index in [4.69, 9.17) is 14.7 Å². The van der Waals surface area contributed by atoms with Crippen LogP contribution in [-0.2, 0) is 5.41 Å². The quantitative estimate of drug-likeness (QED) is 0.190. The summed E-state index contributed by atoms with van der Waals surface area (Å²) in [6.07, 6.45) is 12.6. The summed E-state index contributed by atoms with van der Waals surface area (Å²) in [7, 11) is 0. The van der Waals surface area contributed by atoms with Gasteiger partial charge in [0.15, 0.2) is 0 Å². The minimum atomic E-state index is -0.534. The second-order valence-corrected chi connectivity index (χ2v) is 16.1. The molecular formula is C56H39N3O. The molecule has 8 aromatic rings. The lowest BCUT2D eigenvalue weighted by Crippen LogP contribution is -2.47. The molecule has 2 aliphatic carbocycles. The maximum Gasteiger partial charge on any atom is 0.145 e. The monoisotopic (exact) mass is 769 g/mol. The fourth-order valence-corrected chi connectivity index (χ4v) is 10.1. The Morgan fingerprint density at radius 3 is 2.02 bits per heavy atom. The summed E-state index contributed by atoms with van der Waals surface area (Å²) in [5, 5.41) is 5.00. The van der Waals surface area contributed by atoms with E-state index in [-0.39, 0.29) is 18.2 Å². The summed E-state index contributed by atoms with van der Waals surface area (Å²) in [4.78, 5) is 10.2. The van der Waals surface area contributed by atoms with Crippen molar-refractivity contribution >= 4 is 22.3 Å². The van der Waals surface area contributed by atoms with Gasteiger partial charge in [-0.25, -0.2) is 0 Å². The van der Waals surface area contributed by atoms with E-state index in [0.29, 0.717) is 0 Å². The number of nitrogens with zero attached hydrogens (tertiary/aromatic N) is 2. The van der Waals surface area contributed by atoms with Gasteiger partial charge in [-0.2, -0.15) is 0 Å². The zero-order valence-electron chi connectivity index (χ0n) is 32.7. The van der Waals surface area contributed by atoms with Gasteiger partial charge in [0.25, 0.3) is 0 Å². The second-order valence-electron chi connectivity index (χ2n) is 16.1. The molecule has 3 heterocycles. The first-order valence-corrected chi connectivity index (χ1v) is 20.7. The summed E-state index contributed by atoms with van der Waals surface area (Å²) in [5.41, 5.74) is 16.7. The fourth-order valence-electron chi connectivity index (χ4n) is 10.1. The predicted molar refractivity (Wildman–Crippen MR) is 244 cm³/mol. The molecule has 4 unspecified atom stereocenters. The van der Waals surface area contributed by atoms with Crippen molar-refractivity contribution in [3.8, 4) is 39.1 Å². The fraction of sp³-hybridized carbons (Fsp3) is 0.0714. The third kappa shape index (κ3) is 5.38. The first kappa shape index (κ1) is 34.5. The highest BCUT2D eigenvalue weighted by Gasteiger charge is 2.56. The van der Waals surface area contributed by atoms with Crippen molar-refractivity contribution < 1.29 is 4.74 Å². The van der Waals surface area contributed by atoms with Crippen LogP contribution in [0.25, 0.3) is 50.0 Å². The third-order valence-electron chi connectivity index (χ3n) is 12.8. The highest BCUT2D eigenvalue weighted by atomic mass is 16.5. The third-order valence-corrected chi connectivity index (χ3v) is 12.8. The molecule has 0 bridgehead atoms. The Kier molecular flexibility index (Phi) is 7.92. The standard InChI is InChI=1S/C56H39N3O/c1-3-13-36(14-4-1)37-24-26-38(27-25-37)50-35-51(59-55(58-50)40-15-5-2-6-16-40)42-29-31-45-44-30-28-41(43-19-11-17-39-18-12-32-57-54(39)43)33-48(44)56(49(45)34-42)46-20-7-9-22-52(46)60-53-23-10-8-21-47(53)56/h1-35,46,52,55,59H. The molecule has 4 heteroatoms. The van der Waals surface area contributed by atoms with Crippen LogP contribution < -0.4 is 10.1 Å². The maximum atomic E-state index is 6.85. The molecule has 284 valence electrons. The lowest BCUT2D eigenvalue weighted by molar-refractivity contribution is 0.141. The van der Waals surface area contributed by atoms with Gasteiger partial charge in [-0.3, -0.25) is 9.98 Å². The normalized spacial score (nSPS) is 20.6. The molecule has 1 N–H and O–H groups in total. The van der Waals surface area contributed by atoms with Crippen LogP contribution in [0.4, 0.5) is 0 Å². The van der Waals surface area contributed by atoms with Crippen molar-refractivity contribution in [2.75, 3.05) is 0 Å². The number of aromatic nitrogens is 1. The Hall–Kier alpha value is -7.56. The van der Waals surface area contributed by atoms with E-state index in [0.717, 1.165) is 55.9 Å². The van der Waals surface area contributed by atoms with E-state index in [1.54, 1.807) is 0 Å². The number of benzene rings is 7. The zero-order chi connectivity index (χ0) is 39.6. The number of rotatable bonds is 5. The number of hydrogen-bond donors (Lipinski definition) is 1. The summed E-state index contributed by atoms with van der Waals surface area (Å²) in [5.74, 6) is 0.937. The summed E-state index contributed by atoms with van der Waals surface area (Å²) in [6.45, 7) is 0. The molecule has 4 atom stereocenters. The van der Waals surface area contributed by atoms with Crippen molar-refractivity contribution in [2.24, 2.45) is 10.9 Å². The van der Waals surface area contributed by atoms with E-state index < -0.39 is 5.41 Å². The van der Waals surface area contributed by atoms with Gasteiger partial charge in [0, 0.05) is 34.3 Å². The topological polar surface area (TPSA) is 46.5 Å². The van der Waals surface area contributed by atoms with E-state index in [2.05, 4.69) is 206 Å². The number of pyridine rings is 1. The van der Waals surface area contributed by atoms with Gasteiger partial charge in [0.1, 0.15) is 18.0 Å². The first-order valence-electron chi connectivity index (χ1n) is 20.7. The Morgan fingerprint density at radius 2 is 1.18 bits per heavy atom. The summed E-state index contributed by atoms with van der Waals surface area (Å²) < 4.78 is 6.85. The van der Waals surface area contributed by atoms with Crippen LogP contribution in [0.15, 0.2) is 217 Å². The molecule has 0 radical (unpaired) electrons. The van der Waals surface area contributed by atoms with Crippen molar-refractivity contribution in [1.82, 2.24) is 10.3 Å². The molecule has 1 spiro atoms. The average molecular weight is 770 g/mol. The van der Waals surface area contributed by atoms with Gasteiger partial charge in [-0.15, -0.1) is 0 Å². The second kappa shape index (κ2) is 13.8. The molecule has 60 heavy (non-hydrogen) atoms. The van der Waals surface area contributed by atoms with Crippen LogP contribution in [0.2, 0.25) is 0 Å². The molecular weight excluding hydrogens is 731 g/mol. The highest BCUT2D eigenvalue weighted by Crippen LogP contribution is 2.62. The van der Waals surface area contributed by atoms with Crippen LogP contribution in [0.5, 0.6) is 5.75 Å². The van der Waals surface area contributed by atoms with Gasteiger partial charge >= 0.3 is 0 Å². The SMILES string of the molecule is C1=CC2Oc3ccccc3C3(c4cc(C5=CC(c6ccc(-c7ccccc7)cc6)=NC(c6ccccc6)N5)ccc4-c4ccc(-c5cccc6cccnc56)cc43)C2C=C1. The largest absolute Gasteiger partial charge is 0.485 e. The maximum absolute atomic E-state index is 6.85. The zero-order valence-corrected chi connectivity index (χ0v) is 32.7. The first-order chi connectivity index (χ1) is 29.7. The molecule has 0 saturated heterocycles. The van der Waals surface area contributed by atoms with Gasteiger partial charge in [-0.1, -0.05) is 170 Å². The number of para-hydroxylation sites is 2. The van der Waals surface area contributed by atoms with Crippen LogP contribution in [0, 0.1) is 5.92 Å². The van der Waals surface area contributed by atoms with Crippen molar-refractivity contribution in [3.63, 3.8) is 0 Å². The Morgan fingerprint density at radius 1 is 0.517 bits per heavy atom. The molecule has 7 aromatic carbocycles. The van der Waals surface area contributed by atoms with Gasteiger partial charge in [0.05, 0.1) is 16.6 Å². The number of fused-ring (bicyclic) bond motifs is 10. The predicted octanol–water partition coefficient (Wildman–Crippen LogP) is 12.5. The number of aliphatic imine (C=N–C) groups is 1. The van der Waals surface area contributed by atoms with Crippen LogP contribution in [0.1, 0.15) is 39.5 Å². The van der Waals surface area contributed by atoms with Crippen LogP contribution >= 0.6 is 0 Å². The Bertz CT molecular complexity index is 3100. The molecule has 0 saturated carbocycles. The van der Waals surface area contributed by atoms with E-state index in [9.17, 15) is 0 Å². The lowest BCUT2D eigenvalue weighted by atomic mass is 9.60. The molecule has 2 aliphatic heterocycles.